The molecule has 31 nitrogen and oxygen atoms in total. The van der Waals surface area contributed by atoms with E-state index in [9.17, 15) is 93.1 Å². The molecule has 3 aromatic heterocycles. The van der Waals surface area contributed by atoms with Crippen molar-refractivity contribution >= 4 is 180 Å². The van der Waals surface area contributed by atoms with Gasteiger partial charge in [0.05, 0.1) is 86.2 Å². The number of carbonyl (C=O) groups excluding carboxylic acids is 10. The molecule has 1 atom stereocenters. The number of esters is 3. The maximum absolute atomic E-state index is 14.7. The molecule has 0 bridgehead atoms. The van der Waals surface area contributed by atoms with E-state index >= 15 is 0 Å². The van der Waals surface area contributed by atoms with Gasteiger partial charge in [0, 0.05) is 106 Å². The number of rotatable bonds is 23. The maximum Gasteiger partial charge on any atom is 0.388 e. The second-order valence-corrected chi connectivity index (χ2v) is 38.3. The van der Waals surface area contributed by atoms with E-state index in [0.29, 0.717) is 113 Å². The van der Waals surface area contributed by atoms with Gasteiger partial charge in [-0.2, -0.15) is 13.9 Å². The average Bonchev–Trinajstić information content (AvgIpc) is 1.64. The van der Waals surface area contributed by atoms with Crippen molar-refractivity contribution in [3.63, 3.8) is 0 Å². The lowest BCUT2D eigenvalue weighted by Gasteiger charge is -2.29. The van der Waals surface area contributed by atoms with Crippen LogP contribution in [0.25, 0.3) is 16.9 Å². The molecule has 0 saturated heterocycles. The summed E-state index contributed by atoms with van der Waals surface area (Å²) < 4.78 is 138. The van der Waals surface area contributed by atoms with Gasteiger partial charge in [-0.15, -0.1) is 24.6 Å². The van der Waals surface area contributed by atoms with Crippen LogP contribution in [-0.2, 0) is 84.5 Å². The molecule has 776 valence electrons. The fourth-order valence-electron chi connectivity index (χ4n) is 16.2. The normalized spacial score (nSPS) is 15.3. The molecule has 9 aromatic rings. The number of terminal acetylenes is 2. The van der Waals surface area contributed by atoms with Crippen molar-refractivity contribution in [1.82, 2.24) is 28.3 Å². The first-order valence-electron chi connectivity index (χ1n) is 45.8. The average molecular weight is 2190 g/mol. The number of unbranched alkanes of at least 4 members (excludes halogenated alkanes) is 2. The smallest absolute Gasteiger partial charge is 0.388 e. The lowest BCUT2D eigenvalue weighted by atomic mass is 9.93. The van der Waals surface area contributed by atoms with Gasteiger partial charge >= 0.3 is 35.1 Å². The summed E-state index contributed by atoms with van der Waals surface area (Å²) in [6.07, 6.45) is 22.5. The second-order valence-electron chi connectivity index (χ2n) is 34.0. The van der Waals surface area contributed by atoms with Crippen LogP contribution in [0.4, 0.5) is 59.2 Å². The number of carbonyl (C=O) groups is 10. The highest BCUT2D eigenvalue weighted by Gasteiger charge is 2.45. The number of ether oxygens (including phenoxy) is 7. The lowest BCUT2D eigenvalue weighted by Crippen LogP contribution is -2.39. The fourth-order valence-corrected chi connectivity index (χ4v) is 19.3. The van der Waals surface area contributed by atoms with E-state index in [1.165, 1.54) is 78.2 Å². The molecular formula is C101H94Cl6F7N11O20S2. The molecule has 17 rings (SSSR count). The molecule has 5 aliphatic heterocycles. The van der Waals surface area contributed by atoms with Crippen molar-refractivity contribution in [3.05, 3.63) is 230 Å². The van der Waals surface area contributed by atoms with Crippen molar-refractivity contribution in [1.29, 1.82) is 0 Å². The predicted molar refractivity (Wildman–Crippen MR) is 538 cm³/mol. The standard InChI is InChI=1S/C21H23ClFNO5.C19H15FN2O4.C18H15ClFNO3.C16H17ClN2O4.C15H15ClFN3O3S2.C12H9Cl2F3N2O/c1-2-3-6-9-28-19(25)12-29-18-11-17(16(23)10-15(18)22)24-20(26)13-7-4-5-8-14(13)21(24)27;1-2-7-21-15-9-14(13(20)8-16(15)26-10-17(21)23)22-18(24)11-5-3-4-6-12(11)19(22)25;1-3-10(2)24-16-9-15(14(20)8-13(16)19)21-17(22)11-6-4-5-7-12(11)18(21)23;1-9(2)23-15(21)12-8-11(5-6-13(12)17)19-14(20)7-10(3)18(4)16(19)22;1-23-13(21)8-24-12-7-11(10(17)6-9(12)16)18-14-19-4-2-3-5-20(19)15(22)25-14;1-5-3-6(8(15)4-7(5)13)10-9(14)11(19(2)18-10)20-12(16)17/h10-11H,2-9,12H2,1H3;1,8-9H,3-7,10H2;1,8-10H,4-7H2,2H3;5-9H,1-4H3;6-7H,2-5,8H2,1H3;3-4,12H,1-2H3. The summed E-state index contributed by atoms with van der Waals surface area (Å²) in [5.74, 6) is -3.70. The molecule has 8 heterocycles. The first kappa shape index (κ1) is 113. The van der Waals surface area contributed by atoms with E-state index in [1.54, 1.807) is 51.0 Å². The molecule has 3 aliphatic carbocycles. The Morgan fingerprint density at radius 3 is 1.65 bits per heavy atom. The van der Waals surface area contributed by atoms with Crippen molar-refractivity contribution in [2.24, 2.45) is 19.1 Å². The molecule has 147 heavy (non-hydrogen) atoms. The largest absolute Gasteiger partial charge is 0.481 e. The Hall–Kier alpha value is -13.2. The number of aryl methyl sites for hydroxylation is 3. The molecule has 0 saturated carbocycles. The van der Waals surface area contributed by atoms with Crippen LogP contribution in [0, 0.1) is 67.6 Å². The van der Waals surface area contributed by atoms with Crippen LogP contribution < -0.4 is 59.5 Å². The SMILES string of the molecule is C#CC(C)Oc1cc(N2C(=O)C3=C(CCCC3)C2=O)c(F)cc1Cl.C#CCN1C(=O)COc2cc(F)c(N3C(=O)C4=C(CCCC4)C3=O)cc21.CCCCCOC(=O)COc1cc(N2C(=O)C3=C(CCCC3)C2=O)c(F)cc1Cl.COC(=O)CSc1cc(N=c2sc(=O)n3n2CCCC3)c(F)cc1Cl.Cc1cc(-c2nn(C)c(OC(F)F)c2Cl)c(F)cc1Cl.Cc1cc(=O)n(-c2ccc(Cl)c(C(=O)OC(C)C)c2)c(=O)n1C. The number of alkyl halides is 2. The van der Waals surface area contributed by atoms with Gasteiger partial charge in [-0.1, -0.05) is 101 Å². The number of benzene rings is 6. The summed E-state index contributed by atoms with van der Waals surface area (Å²) in [7, 11) is 4.23. The minimum atomic E-state index is -3.05. The van der Waals surface area contributed by atoms with Gasteiger partial charge in [0.15, 0.2) is 25.1 Å². The van der Waals surface area contributed by atoms with Crippen LogP contribution in [0.15, 0.2) is 143 Å². The highest BCUT2D eigenvalue weighted by molar-refractivity contribution is 8.00. The Morgan fingerprint density at radius 2 is 1.12 bits per heavy atom. The number of nitrogens with zero attached hydrogens (tertiary/aromatic N) is 11. The Morgan fingerprint density at radius 1 is 0.592 bits per heavy atom. The zero-order chi connectivity index (χ0) is 107. The summed E-state index contributed by atoms with van der Waals surface area (Å²) in [5, 5.41) is 4.32. The van der Waals surface area contributed by atoms with Crippen LogP contribution >= 0.6 is 92.7 Å². The van der Waals surface area contributed by atoms with Gasteiger partial charge in [-0.25, -0.2) is 70.0 Å². The Kier molecular flexibility index (Phi) is 38.3. The van der Waals surface area contributed by atoms with E-state index in [1.807, 2.05) is 6.92 Å². The number of methoxy groups -OCH3 is 1. The first-order valence-corrected chi connectivity index (χ1v) is 49.9. The quantitative estimate of drug-likeness (QED) is 0.0109. The summed E-state index contributed by atoms with van der Waals surface area (Å²) in [6, 6.07) is 17.7. The van der Waals surface area contributed by atoms with E-state index in [-0.39, 0.29) is 140 Å². The molecule has 6 aromatic carbocycles. The number of anilines is 4. The van der Waals surface area contributed by atoms with Crippen LogP contribution in [0.5, 0.6) is 23.1 Å². The summed E-state index contributed by atoms with van der Waals surface area (Å²) in [4.78, 5) is 169. The van der Waals surface area contributed by atoms with Crippen molar-refractivity contribution in [2.45, 2.75) is 188 Å². The van der Waals surface area contributed by atoms with Crippen LogP contribution in [0.3, 0.4) is 0 Å². The highest BCUT2D eigenvalue weighted by Crippen LogP contribution is 2.47. The number of aromatic nitrogens is 6. The van der Waals surface area contributed by atoms with Gasteiger partial charge in [0.2, 0.25) is 10.7 Å². The first-order chi connectivity index (χ1) is 69.9. The van der Waals surface area contributed by atoms with E-state index in [2.05, 4.69) is 31.4 Å². The van der Waals surface area contributed by atoms with Crippen molar-refractivity contribution < 1.29 is 112 Å². The molecule has 0 N–H and O–H groups in total. The molecule has 0 fully saturated rings. The van der Waals surface area contributed by atoms with E-state index < -0.39 is 113 Å². The van der Waals surface area contributed by atoms with E-state index in [0.717, 1.165) is 148 Å². The Balaban J connectivity index is 0.000000157. The molecule has 1 unspecified atom stereocenters. The van der Waals surface area contributed by atoms with Gasteiger partial charge in [0.1, 0.15) is 56.9 Å². The number of hydrogen-bond donors (Lipinski definition) is 0. The molecule has 7 amide bonds. The monoisotopic (exact) mass is 2190 g/mol. The number of hydrogen-bond acceptors (Lipinski definition) is 24. The van der Waals surface area contributed by atoms with Gasteiger partial charge in [-0.05, 0) is 208 Å². The molecule has 46 heteroatoms. The van der Waals surface area contributed by atoms with Crippen LogP contribution in [0.1, 0.15) is 158 Å². The zero-order valence-electron chi connectivity index (χ0n) is 80.3. The van der Waals surface area contributed by atoms with Crippen LogP contribution in [-0.4, -0.2) is 146 Å². The highest BCUT2D eigenvalue weighted by atomic mass is 35.5. The van der Waals surface area contributed by atoms with Crippen LogP contribution in [0.2, 0.25) is 30.1 Å². The van der Waals surface area contributed by atoms with Crippen molar-refractivity contribution in [3.8, 4) is 64.8 Å². The lowest BCUT2D eigenvalue weighted by molar-refractivity contribution is -0.146. The minimum absolute atomic E-state index is 0.000883. The van der Waals surface area contributed by atoms with E-state index in [4.69, 9.17) is 106 Å². The fraction of sp³-hybridized carbons (Fsp3) is 0.356. The molecule has 0 radical (unpaired) electrons. The number of amides is 7. The van der Waals surface area contributed by atoms with Gasteiger partial charge in [-0.3, -0.25) is 57.5 Å². The third-order valence-electron chi connectivity index (χ3n) is 23.7. The molecule has 8 aliphatic rings. The molecular weight excluding hydrogens is 2100 g/mol. The third-order valence-corrected chi connectivity index (χ3v) is 27.7. The third kappa shape index (κ3) is 26.0. The number of halogens is 13. The summed E-state index contributed by atoms with van der Waals surface area (Å²) >= 11 is 37.9. The summed E-state index contributed by atoms with van der Waals surface area (Å²) in [6.45, 7) is 8.36. The van der Waals surface area contributed by atoms with Crippen molar-refractivity contribution in [2.75, 3.05) is 58.8 Å². The van der Waals surface area contributed by atoms with Gasteiger partial charge in [0.25, 0.3) is 46.9 Å². The van der Waals surface area contributed by atoms with Gasteiger partial charge < -0.3 is 37.7 Å². The maximum atomic E-state index is 14.7. The summed E-state index contributed by atoms with van der Waals surface area (Å²) in [5.41, 5.74) is 3.19. The molecule has 0 spiro atoms. The topological polar surface area (TPSA) is 349 Å². The number of imide groups is 3. The Bertz CT molecular complexity index is 7180. The number of fused-ring (bicyclic) bond motifs is 2. The predicted octanol–water partition coefficient (Wildman–Crippen LogP) is 19.2. The minimum Gasteiger partial charge on any atom is -0.481 e. The zero-order valence-corrected chi connectivity index (χ0v) is 86.4. The Labute approximate surface area is 874 Å². The second kappa shape index (κ2) is 50.0. The number of thioether (sulfide) groups is 1.